The Morgan fingerprint density at radius 1 is 1.17 bits per heavy atom. The second-order valence-electron chi connectivity index (χ2n) is 5.86. The number of aromatic nitrogens is 4. The van der Waals surface area contributed by atoms with E-state index in [1.54, 1.807) is 6.20 Å². The normalized spacial score (nSPS) is 17.0. The summed E-state index contributed by atoms with van der Waals surface area (Å²) in [5, 5.41) is 4.00. The number of aryl methyl sites for hydroxylation is 2. The standard InChI is InChI=1S/C17H17N5O/c1-10-7-8-19-15(20-10)16-21-17(23-22-16)12-5-6-13-11(9-12)3-2-4-14(13)18/h5-9,14H,2-4,18H2,1H3. The van der Waals surface area contributed by atoms with Gasteiger partial charge in [-0.1, -0.05) is 11.2 Å². The van der Waals surface area contributed by atoms with Gasteiger partial charge in [-0.2, -0.15) is 4.98 Å². The zero-order valence-corrected chi connectivity index (χ0v) is 12.9. The first-order chi connectivity index (χ1) is 11.2. The summed E-state index contributed by atoms with van der Waals surface area (Å²) in [5.74, 6) is 1.35. The average Bonchev–Trinajstić information content (AvgIpc) is 3.05. The number of fused-ring (bicyclic) bond motifs is 1. The van der Waals surface area contributed by atoms with Crippen LogP contribution in [0.15, 0.2) is 35.0 Å². The van der Waals surface area contributed by atoms with Crippen LogP contribution in [0.5, 0.6) is 0 Å². The molecule has 0 bridgehead atoms. The molecule has 0 aliphatic heterocycles. The molecule has 4 rings (SSSR count). The molecular formula is C17H17N5O. The molecule has 0 saturated heterocycles. The van der Waals surface area contributed by atoms with Gasteiger partial charge in [-0.3, -0.25) is 0 Å². The van der Waals surface area contributed by atoms with Gasteiger partial charge in [-0.25, -0.2) is 9.97 Å². The van der Waals surface area contributed by atoms with Crippen molar-refractivity contribution in [2.75, 3.05) is 0 Å². The van der Waals surface area contributed by atoms with Crippen molar-refractivity contribution in [3.8, 4) is 23.1 Å². The molecule has 0 spiro atoms. The first-order valence-electron chi connectivity index (χ1n) is 7.73. The molecule has 116 valence electrons. The van der Waals surface area contributed by atoms with E-state index in [0.29, 0.717) is 17.5 Å². The van der Waals surface area contributed by atoms with Gasteiger partial charge in [0.1, 0.15) is 0 Å². The van der Waals surface area contributed by atoms with Gasteiger partial charge in [0.05, 0.1) is 0 Å². The van der Waals surface area contributed by atoms with Crippen molar-refractivity contribution in [2.24, 2.45) is 5.73 Å². The van der Waals surface area contributed by atoms with Crippen LogP contribution in [-0.4, -0.2) is 20.1 Å². The molecule has 1 aliphatic carbocycles. The SMILES string of the molecule is Cc1ccnc(-c2noc(-c3ccc4c(c3)CCCC4N)n2)n1. The number of hydrogen-bond donors (Lipinski definition) is 1. The molecule has 2 heterocycles. The van der Waals surface area contributed by atoms with Crippen LogP contribution in [0, 0.1) is 6.92 Å². The molecule has 0 amide bonds. The molecular weight excluding hydrogens is 290 g/mol. The van der Waals surface area contributed by atoms with Gasteiger partial charge in [0, 0.05) is 23.5 Å². The van der Waals surface area contributed by atoms with E-state index in [0.717, 1.165) is 30.5 Å². The molecule has 0 fully saturated rings. The van der Waals surface area contributed by atoms with Gasteiger partial charge in [0.15, 0.2) is 0 Å². The number of rotatable bonds is 2. The maximum absolute atomic E-state index is 6.16. The average molecular weight is 307 g/mol. The summed E-state index contributed by atoms with van der Waals surface area (Å²) in [6.07, 6.45) is 4.89. The Morgan fingerprint density at radius 3 is 2.96 bits per heavy atom. The predicted octanol–water partition coefficient (Wildman–Crippen LogP) is 2.84. The van der Waals surface area contributed by atoms with Crippen LogP contribution >= 0.6 is 0 Å². The number of nitrogens with zero attached hydrogens (tertiary/aromatic N) is 4. The molecule has 2 aromatic heterocycles. The summed E-state index contributed by atoms with van der Waals surface area (Å²) in [4.78, 5) is 12.9. The van der Waals surface area contributed by atoms with E-state index in [9.17, 15) is 0 Å². The summed E-state index contributed by atoms with van der Waals surface area (Å²) in [5.41, 5.74) is 10.4. The molecule has 0 saturated carbocycles. The number of nitrogens with two attached hydrogens (primary N) is 1. The van der Waals surface area contributed by atoms with Gasteiger partial charge >= 0.3 is 0 Å². The van der Waals surface area contributed by atoms with Crippen molar-refractivity contribution in [1.82, 2.24) is 20.1 Å². The fourth-order valence-electron chi connectivity index (χ4n) is 2.97. The highest BCUT2D eigenvalue weighted by atomic mass is 16.5. The third-order valence-corrected chi connectivity index (χ3v) is 4.17. The van der Waals surface area contributed by atoms with Crippen LogP contribution in [0.25, 0.3) is 23.1 Å². The fraction of sp³-hybridized carbons (Fsp3) is 0.294. The largest absolute Gasteiger partial charge is 0.333 e. The van der Waals surface area contributed by atoms with E-state index in [1.165, 1.54) is 11.1 Å². The summed E-state index contributed by atoms with van der Waals surface area (Å²) in [7, 11) is 0. The van der Waals surface area contributed by atoms with Crippen LogP contribution in [0.2, 0.25) is 0 Å². The Labute approximate surface area is 133 Å². The minimum absolute atomic E-state index is 0.131. The van der Waals surface area contributed by atoms with E-state index in [4.69, 9.17) is 10.3 Å². The van der Waals surface area contributed by atoms with Gasteiger partial charge in [0.25, 0.3) is 5.89 Å². The number of benzene rings is 1. The zero-order valence-electron chi connectivity index (χ0n) is 12.9. The van der Waals surface area contributed by atoms with Gasteiger partial charge < -0.3 is 10.3 Å². The van der Waals surface area contributed by atoms with Crippen LogP contribution in [0.3, 0.4) is 0 Å². The van der Waals surface area contributed by atoms with E-state index >= 15 is 0 Å². The van der Waals surface area contributed by atoms with Crippen LogP contribution in [0.4, 0.5) is 0 Å². The Hall–Kier alpha value is -2.60. The van der Waals surface area contributed by atoms with E-state index in [2.05, 4.69) is 32.2 Å². The second-order valence-corrected chi connectivity index (χ2v) is 5.86. The van der Waals surface area contributed by atoms with E-state index in [-0.39, 0.29) is 6.04 Å². The van der Waals surface area contributed by atoms with Crippen molar-refractivity contribution in [3.05, 3.63) is 47.3 Å². The third kappa shape index (κ3) is 2.61. The second kappa shape index (κ2) is 5.55. The molecule has 2 N–H and O–H groups in total. The van der Waals surface area contributed by atoms with Crippen molar-refractivity contribution < 1.29 is 4.52 Å². The molecule has 6 nitrogen and oxygen atoms in total. The Morgan fingerprint density at radius 2 is 2.09 bits per heavy atom. The Balaban J connectivity index is 1.69. The highest BCUT2D eigenvalue weighted by Gasteiger charge is 2.19. The van der Waals surface area contributed by atoms with Crippen LogP contribution in [0.1, 0.15) is 35.7 Å². The lowest BCUT2D eigenvalue weighted by Crippen LogP contribution is -2.17. The molecule has 6 heteroatoms. The van der Waals surface area contributed by atoms with Crippen molar-refractivity contribution in [3.63, 3.8) is 0 Å². The molecule has 1 aliphatic rings. The fourth-order valence-corrected chi connectivity index (χ4v) is 2.97. The topological polar surface area (TPSA) is 90.7 Å². The van der Waals surface area contributed by atoms with Crippen LogP contribution < -0.4 is 5.73 Å². The summed E-state index contributed by atoms with van der Waals surface area (Å²) in [6.45, 7) is 1.90. The zero-order chi connectivity index (χ0) is 15.8. The van der Waals surface area contributed by atoms with Gasteiger partial charge in [0.2, 0.25) is 11.6 Å². The Bertz CT molecular complexity index is 858. The predicted molar refractivity (Wildman–Crippen MR) is 85.4 cm³/mol. The smallest absolute Gasteiger partial charge is 0.258 e. The summed E-state index contributed by atoms with van der Waals surface area (Å²) < 4.78 is 5.39. The highest BCUT2D eigenvalue weighted by molar-refractivity contribution is 5.58. The number of hydrogen-bond acceptors (Lipinski definition) is 6. The maximum atomic E-state index is 6.16. The van der Waals surface area contributed by atoms with Crippen molar-refractivity contribution in [2.45, 2.75) is 32.2 Å². The quantitative estimate of drug-likeness (QED) is 0.783. The molecule has 1 atom stereocenters. The summed E-state index contributed by atoms with van der Waals surface area (Å²) >= 11 is 0. The van der Waals surface area contributed by atoms with Crippen LogP contribution in [-0.2, 0) is 6.42 Å². The monoisotopic (exact) mass is 307 g/mol. The lowest BCUT2D eigenvalue weighted by molar-refractivity contribution is 0.431. The first-order valence-corrected chi connectivity index (χ1v) is 7.73. The minimum Gasteiger partial charge on any atom is -0.333 e. The molecule has 1 aromatic carbocycles. The third-order valence-electron chi connectivity index (χ3n) is 4.17. The molecule has 23 heavy (non-hydrogen) atoms. The molecule has 0 radical (unpaired) electrons. The van der Waals surface area contributed by atoms with E-state index < -0.39 is 0 Å². The van der Waals surface area contributed by atoms with Gasteiger partial charge in [-0.05, 0) is 55.5 Å². The van der Waals surface area contributed by atoms with Crippen molar-refractivity contribution in [1.29, 1.82) is 0 Å². The van der Waals surface area contributed by atoms with E-state index in [1.807, 2.05) is 19.1 Å². The lowest BCUT2D eigenvalue weighted by atomic mass is 9.87. The van der Waals surface area contributed by atoms with Crippen molar-refractivity contribution >= 4 is 0 Å². The molecule has 3 aromatic rings. The van der Waals surface area contributed by atoms with Gasteiger partial charge in [-0.15, -0.1) is 0 Å². The minimum atomic E-state index is 0.131. The molecule has 1 unspecified atom stereocenters. The summed E-state index contributed by atoms with van der Waals surface area (Å²) in [6, 6.07) is 8.12. The first kappa shape index (κ1) is 14.0. The highest BCUT2D eigenvalue weighted by Crippen LogP contribution is 2.31. The maximum Gasteiger partial charge on any atom is 0.258 e. The Kier molecular flexibility index (Phi) is 3.38. The lowest BCUT2D eigenvalue weighted by Gasteiger charge is -2.22.